The van der Waals surface area contributed by atoms with E-state index < -0.39 is 11.6 Å². The van der Waals surface area contributed by atoms with Crippen molar-refractivity contribution < 1.29 is 18.4 Å². The lowest BCUT2D eigenvalue weighted by atomic mass is 9.86. The van der Waals surface area contributed by atoms with E-state index in [-0.39, 0.29) is 36.5 Å². The van der Waals surface area contributed by atoms with Gasteiger partial charge in [-0.15, -0.1) is 0 Å². The Balaban J connectivity index is 1.58. The molecule has 0 radical (unpaired) electrons. The van der Waals surface area contributed by atoms with Crippen LogP contribution in [0, 0.1) is 18.6 Å². The third-order valence-corrected chi connectivity index (χ3v) is 5.15. The van der Waals surface area contributed by atoms with Gasteiger partial charge in [0.05, 0.1) is 0 Å². The summed E-state index contributed by atoms with van der Waals surface area (Å²) in [6.07, 6.45) is 0.927. The number of piperidine rings is 1. The number of halogens is 2. The number of rotatable bonds is 6. The molecule has 1 aliphatic rings. The summed E-state index contributed by atoms with van der Waals surface area (Å²) in [6, 6.07) is 10.9. The van der Waals surface area contributed by atoms with Crippen LogP contribution >= 0.6 is 0 Å². The topological polar surface area (TPSA) is 58.2 Å². The molecule has 2 N–H and O–H groups in total. The minimum absolute atomic E-state index is 0.0749. The lowest BCUT2D eigenvalue weighted by Crippen LogP contribution is -2.50. The molecule has 148 valence electrons. The molecule has 28 heavy (non-hydrogen) atoms. The maximum Gasteiger partial charge on any atom is 0.220 e. The van der Waals surface area contributed by atoms with Crippen LogP contribution in [0.4, 0.5) is 8.78 Å². The van der Waals surface area contributed by atoms with Crippen molar-refractivity contribution in [2.24, 2.45) is 0 Å². The van der Waals surface area contributed by atoms with Gasteiger partial charge in [-0.05, 0) is 37.6 Å². The second-order valence-corrected chi connectivity index (χ2v) is 7.24. The Morgan fingerprint density at radius 1 is 1.07 bits per heavy atom. The van der Waals surface area contributed by atoms with Gasteiger partial charge in [-0.25, -0.2) is 8.78 Å². The first-order valence-corrected chi connectivity index (χ1v) is 9.49. The van der Waals surface area contributed by atoms with Crippen LogP contribution in [0.2, 0.25) is 0 Å². The summed E-state index contributed by atoms with van der Waals surface area (Å²) in [6.45, 7) is 3.23. The van der Waals surface area contributed by atoms with Crippen LogP contribution in [0.1, 0.15) is 46.7 Å². The molecule has 1 amide bonds. The standard InChI is InChI=1S/C22H24F2N2O2/c1-14-2-4-15(5-3-14)21(27)8-9-22(28)26-20-13-25-11-10-17(20)16-6-7-18(23)19(24)12-16/h2-7,12,17,20,25H,8-11,13H2,1H3,(H,26,28). The van der Waals surface area contributed by atoms with Crippen LogP contribution in [0.3, 0.4) is 0 Å². The fraction of sp³-hybridized carbons (Fsp3) is 0.364. The maximum absolute atomic E-state index is 13.6. The van der Waals surface area contributed by atoms with E-state index in [2.05, 4.69) is 10.6 Å². The molecule has 2 aromatic carbocycles. The summed E-state index contributed by atoms with van der Waals surface area (Å²) in [5, 5.41) is 6.16. The van der Waals surface area contributed by atoms with Gasteiger partial charge in [-0.1, -0.05) is 35.9 Å². The molecular formula is C22H24F2N2O2. The summed E-state index contributed by atoms with van der Waals surface area (Å²) in [4.78, 5) is 24.6. The first-order valence-electron chi connectivity index (χ1n) is 9.49. The van der Waals surface area contributed by atoms with E-state index in [1.54, 1.807) is 18.2 Å². The largest absolute Gasteiger partial charge is 0.351 e. The van der Waals surface area contributed by atoms with Crippen molar-refractivity contribution in [1.29, 1.82) is 0 Å². The van der Waals surface area contributed by atoms with Crippen molar-refractivity contribution >= 4 is 11.7 Å². The number of amides is 1. The fourth-order valence-corrected chi connectivity index (χ4v) is 3.54. The Hall–Kier alpha value is -2.60. The minimum Gasteiger partial charge on any atom is -0.351 e. The Labute approximate surface area is 163 Å². The summed E-state index contributed by atoms with van der Waals surface area (Å²) in [5.74, 6) is -2.17. The predicted octanol–water partition coefficient (Wildman–Crippen LogP) is 3.50. The lowest BCUT2D eigenvalue weighted by Gasteiger charge is -2.33. The van der Waals surface area contributed by atoms with E-state index in [9.17, 15) is 18.4 Å². The summed E-state index contributed by atoms with van der Waals surface area (Å²) >= 11 is 0. The minimum atomic E-state index is -0.884. The fourth-order valence-electron chi connectivity index (χ4n) is 3.54. The van der Waals surface area contributed by atoms with Crippen LogP contribution in [0.25, 0.3) is 0 Å². The van der Waals surface area contributed by atoms with Gasteiger partial charge >= 0.3 is 0 Å². The molecular weight excluding hydrogens is 362 g/mol. The van der Waals surface area contributed by atoms with E-state index in [0.717, 1.165) is 18.2 Å². The number of Topliss-reactive ketones (excluding diaryl/α,β-unsaturated/α-hetero) is 1. The maximum atomic E-state index is 13.6. The molecule has 0 spiro atoms. The third-order valence-electron chi connectivity index (χ3n) is 5.15. The SMILES string of the molecule is Cc1ccc(C(=O)CCC(=O)NC2CNCCC2c2ccc(F)c(F)c2)cc1. The Bertz CT molecular complexity index is 852. The molecule has 4 nitrogen and oxygen atoms in total. The number of hydrogen-bond acceptors (Lipinski definition) is 3. The number of carbonyl (C=O) groups is 2. The molecule has 0 saturated carbocycles. The van der Waals surface area contributed by atoms with E-state index in [1.165, 1.54) is 6.07 Å². The summed E-state index contributed by atoms with van der Waals surface area (Å²) < 4.78 is 26.8. The van der Waals surface area contributed by atoms with Gasteiger partial charge < -0.3 is 10.6 Å². The molecule has 1 saturated heterocycles. The second-order valence-electron chi connectivity index (χ2n) is 7.24. The van der Waals surface area contributed by atoms with Crippen LogP contribution < -0.4 is 10.6 Å². The highest BCUT2D eigenvalue weighted by Crippen LogP contribution is 2.27. The Kier molecular flexibility index (Phi) is 6.52. The first-order chi connectivity index (χ1) is 13.4. The molecule has 1 fully saturated rings. The summed E-state index contributed by atoms with van der Waals surface area (Å²) in [7, 11) is 0. The van der Waals surface area contributed by atoms with Crippen molar-refractivity contribution in [3.63, 3.8) is 0 Å². The summed E-state index contributed by atoms with van der Waals surface area (Å²) in [5.41, 5.74) is 2.33. The highest BCUT2D eigenvalue weighted by Gasteiger charge is 2.28. The highest BCUT2D eigenvalue weighted by molar-refractivity contribution is 5.98. The molecule has 2 atom stereocenters. The first kappa shape index (κ1) is 20.1. The Morgan fingerprint density at radius 3 is 2.54 bits per heavy atom. The van der Waals surface area contributed by atoms with Gasteiger partial charge in [0, 0.05) is 36.9 Å². The van der Waals surface area contributed by atoms with E-state index >= 15 is 0 Å². The molecule has 3 rings (SSSR count). The molecule has 2 unspecified atom stereocenters. The van der Waals surface area contributed by atoms with Gasteiger partial charge in [0.1, 0.15) is 0 Å². The quantitative estimate of drug-likeness (QED) is 0.747. The predicted molar refractivity (Wildman–Crippen MR) is 103 cm³/mol. The monoisotopic (exact) mass is 386 g/mol. The van der Waals surface area contributed by atoms with Crippen LogP contribution in [-0.4, -0.2) is 30.8 Å². The number of hydrogen-bond donors (Lipinski definition) is 2. The zero-order valence-electron chi connectivity index (χ0n) is 15.8. The molecule has 6 heteroatoms. The number of carbonyl (C=O) groups excluding carboxylic acids is 2. The van der Waals surface area contributed by atoms with Crippen LogP contribution in [-0.2, 0) is 4.79 Å². The number of ketones is 1. The van der Waals surface area contributed by atoms with Gasteiger partial charge in [0.2, 0.25) is 5.91 Å². The van der Waals surface area contributed by atoms with Crippen LogP contribution in [0.5, 0.6) is 0 Å². The van der Waals surface area contributed by atoms with Crippen molar-refractivity contribution in [2.45, 2.75) is 38.1 Å². The molecule has 0 bridgehead atoms. The Morgan fingerprint density at radius 2 is 1.82 bits per heavy atom. The molecule has 2 aromatic rings. The average molecular weight is 386 g/mol. The normalized spacial score (nSPS) is 19.2. The van der Waals surface area contributed by atoms with Gasteiger partial charge in [0.15, 0.2) is 17.4 Å². The molecule has 1 heterocycles. The lowest BCUT2D eigenvalue weighted by molar-refractivity contribution is -0.122. The van der Waals surface area contributed by atoms with E-state index in [0.29, 0.717) is 24.1 Å². The number of aryl methyl sites for hydroxylation is 1. The molecule has 1 aliphatic heterocycles. The van der Waals surface area contributed by atoms with Crippen molar-refractivity contribution in [3.8, 4) is 0 Å². The smallest absolute Gasteiger partial charge is 0.220 e. The van der Waals surface area contributed by atoms with Crippen molar-refractivity contribution in [2.75, 3.05) is 13.1 Å². The zero-order valence-corrected chi connectivity index (χ0v) is 15.8. The second kappa shape index (κ2) is 9.06. The zero-order chi connectivity index (χ0) is 20.1. The average Bonchev–Trinajstić information content (AvgIpc) is 2.69. The molecule has 0 aliphatic carbocycles. The third kappa shape index (κ3) is 5.01. The highest BCUT2D eigenvalue weighted by atomic mass is 19.2. The van der Waals surface area contributed by atoms with E-state index in [1.807, 2.05) is 19.1 Å². The van der Waals surface area contributed by atoms with Crippen molar-refractivity contribution in [1.82, 2.24) is 10.6 Å². The van der Waals surface area contributed by atoms with E-state index in [4.69, 9.17) is 0 Å². The molecule has 0 aromatic heterocycles. The van der Waals surface area contributed by atoms with Gasteiger partial charge in [-0.2, -0.15) is 0 Å². The van der Waals surface area contributed by atoms with Gasteiger partial charge in [-0.3, -0.25) is 9.59 Å². The number of nitrogens with one attached hydrogen (secondary N) is 2. The van der Waals surface area contributed by atoms with Crippen LogP contribution in [0.15, 0.2) is 42.5 Å². The van der Waals surface area contributed by atoms with Crippen molar-refractivity contribution in [3.05, 3.63) is 70.8 Å². The number of benzene rings is 2. The van der Waals surface area contributed by atoms with Gasteiger partial charge in [0.25, 0.3) is 0 Å².